The fraction of sp³-hybridized carbons (Fsp3) is 0.625. The predicted octanol–water partition coefficient (Wildman–Crippen LogP) is 3.67. The third-order valence-electron chi connectivity index (χ3n) is 5.08. The molecule has 4 rings (SSSR count). The third kappa shape index (κ3) is 1.60. The fourth-order valence-corrected chi connectivity index (χ4v) is 7.43. The van der Waals surface area contributed by atoms with Crippen LogP contribution in [0.25, 0.3) is 0 Å². The molecule has 1 aromatic carbocycles. The van der Waals surface area contributed by atoms with E-state index >= 15 is 0 Å². The Morgan fingerprint density at radius 2 is 1.95 bits per heavy atom. The normalized spacial score (nSPS) is 44.8. The van der Waals surface area contributed by atoms with E-state index < -0.39 is 0 Å². The second kappa shape index (κ2) is 4.28. The smallest absolute Gasteiger partial charge is 0.295 e. The molecule has 3 aliphatic heterocycles. The molecule has 3 aliphatic rings. The monoisotopic (exact) mass is 277 g/mol. The zero-order chi connectivity index (χ0) is 13.1. The Labute approximate surface area is 116 Å². The molecular weight excluding hydrogens is 255 g/mol. The molecule has 2 unspecified atom stereocenters. The van der Waals surface area contributed by atoms with Gasteiger partial charge < -0.3 is 4.37 Å². The number of fused-ring (bicyclic) bond motifs is 6. The summed E-state index contributed by atoms with van der Waals surface area (Å²) in [4.78, 5) is 0. The van der Waals surface area contributed by atoms with Gasteiger partial charge in [0.25, 0.3) is 6.29 Å². The van der Waals surface area contributed by atoms with Crippen molar-refractivity contribution in [3.63, 3.8) is 0 Å². The minimum atomic E-state index is -0.0652. The summed E-state index contributed by atoms with van der Waals surface area (Å²) in [5.41, 5.74) is 2.26. The highest BCUT2D eigenvalue weighted by molar-refractivity contribution is 7.67. The molecule has 1 aromatic rings. The summed E-state index contributed by atoms with van der Waals surface area (Å²) in [5, 5.41) is 1.60. The zero-order valence-corrected chi connectivity index (χ0v) is 12.8. The van der Waals surface area contributed by atoms with Crippen LogP contribution >= 0.6 is 7.92 Å². The first-order valence-electron chi connectivity index (χ1n) is 7.42. The van der Waals surface area contributed by atoms with Gasteiger partial charge in [-0.2, -0.15) is 0 Å². The first-order valence-corrected chi connectivity index (χ1v) is 8.90. The van der Waals surface area contributed by atoms with E-state index in [9.17, 15) is 0 Å². The van der Waals surface area contributed by atoms with Gasteiger partial charge in [-0.15, -0.1) is 0 Å². The van der Waals surface area contributed by atoms with Crippen molar-refractivity contribution in [3.8, 4) is 0 Å². The van der Waals surface area contributed by atoms with Gasteiger partial charge in [0.15, 0.2) is 11.9 Å². The summed E-state index contributed by atoms with van der Waals surface area (Å²) < 4.78 is 9.90. The van der Waals surface area contributed by atoms with Crippen LogP contribution in [0.5, 0.6) is 0 Å². The number of hydrogen-bond donors (Lipinski definition) is 0. The molecule has 0 aliphatic carbocycles. The summed E-state index contributed by atoms with van der Waals surface area (Å²) in [5.74, 6) is 0.671. The predicted molar refractivity (Wildman–Crippen MR) is 79.3 cm³/mol. The Morgan fingerprint density at radius 1 is 1.16 bits per heavy atom. The van der Waals surface area contributed by atoms with Crippen LogP contribution in [-0.4, -0.2) is 23.7 Å². The molecule has 2 saturated heterocycles. The summed E-state index contributed by atoms with van der Waals surface area (Å²) in [6.45, 7) is 6.95. The Balaban J connectivity index is 1.87. The van der Waals surface area contributed by atoms with Gasteiger partial charge in [-0.1, -0.05) is 25.1 Å². The van der Waals surface area contributed by atoms with Crippen molar-refractivity contribution in [2.45, 2.75) is 63.6 Å². The van der Waals surface area contributed by atoms with E-state index in [0.717, 1.165) is 5.66 Å². The van der Waals surface area contributed by atoms with E-state index in [1.807, 2.05) is 0 Å². The lowest BCUT2D eigenvalue weighted by molar-refractivity contribution is -0.262. The second-order valence-electron chi connectivity index (χ2n) is 6.13. The SMILES string of the molecule is C[C@@H]1[C@@H](C)OC2c3ccccc3P3[C@H](CC[C@@H]3C)[O+]21. The number of ether oxygens (including phenoxy) is 1. The van der Waals surface area contributed by atoms with Gasteiger partial charge in [-0.3, -0.25) is 4.74 Å². The first-order chi connectivity index (χ1) is 9.18. The van der Waals surface area contributed by atoms with Gasteiger partial charge in [0.1, 0.15) is 6.10 Å². The quantitative estimate of drug-likeness (QED) is 0.520. The third-order valence-corrected chi connectivity index (χ3v) is 8.37. The molecule has 0 spiro atoms. The molecular formula is C16H22O2P+. The van der Waals surface area contributed by atoms with Crippen molar-refractivity contribution in [3.05, 3.63) is 29.8 Å². The molecule has 0 aromatic heterocycles. The molecule has 3 heteroatoms. The Bertz CT molecular complexity index is 503. The van der Waals surface area contributed by atoms with Crippen LogP contribution in [0.2, 0.25) is 0 Å². The highest BCUT2D eigenvalue weighted by Gasteiger charge is 2.58. The van der Waals surface area contributed by atoms with Crippen molar-refractivity contribution >= 4 is 13.2 Å². The van der Waals surface area contributed by atoms with E-state index in [4.69, 9.17) is 4.74 Å². The van der Waals surface area contributed by atoms with Crippen LogP contribution in [0.15, 0.2) is 24.3 Å². The minimum absolute atomic E-state index is 0.0652. The topological polar surface area (TPSA) is 11.9 Å². The van der Waals surface area contributed by atoms with E-state index in [-0.39, 0.29) is 14.2 Å². The van der Waals surface area contributed by atoms with Crippen molar-refractivity contribution in [2.24, 2.45) is 0 Å². The van der Waals surface area contributed by atoms with Crippen LogP contribution in [0.4, 0.5) is 0 Å². The maximum Gasteiger partial charge on any atom is 0.295 e. The van der Waals surface area contributed by atoms with Crippen LogP contribution in [-0.2, 0) is 9.10 Å². The van der Waals surface area contributed by atoms with Crippen LogP contribution in [0.3, 0.4) is 0 Å². The summed E-state index contributed by atoms with van der Waals surface area (Å²) >= 11 is 0. The zero-order valence-electron chi connectivity index (χ0n) is 11.9. The molecule has 6 atom stereocenters. The summed E-state index contributed by atoms with van der Waals surface area (Å²) in [6.07, 6.45) is 3.60. The van der Waals surface area contributed by atoms with Gasteiger partial charge in [0.2, 0.25) is 0 Å². The fourth-order valence-electron chi connectivity index (χ4n) is 3.92. The van der Waals surface area contributed by atoms with Crippen molar-refractivity contribution in [1.29, 1.82) is 0 Å². The lowest BCUT2D eigenvalue weighted by atomic mass is 10.2. The van der Waals surface area contributed by atoms with E-state index in [1.54, 1.807) is 5.30 Å². The Morgan fingerprint density at radius 3 is 2.79 bits per heavy atom. The standard InChI is InChI=1S/C16H22O2P/c1-10-8-9-15-18-12(3)11(2)17-16(18)13-6-4-5-7-14(13)19(10)15/h4-7,10-12,15-16H,8-9H2,1-3H3/q+1/t10-,11+,12+,15+,16?,19?/m0/s1. The van der Waals surface area contributed by atoms with Crippen LogP contribution in [0, 0.1) is 0 Å². The Kier molecular flexibility index (Phi) is 2.78. The maximum absolute atomic E-state index is 6.25. The minimum Gasteiger partial charge on any atom is -0.385 e. The molecule has 102 valence electrons. The molecule has 0 radical (unpaired) electrons. The maximum atomic E-state index is 6.25. The molecule has 3 heterocycles. The highest BCUT2D eigenvalue weighted by atomic mass is 31.1. The highest BCUT2D eigenvalue weighted by Crippen LogP contribution is 2.64. The molecule has 0 amide bonds. The molecule has 0 N–H and O–H groups in total. The van der Waals surface area contributed by atoms with Crippen molar-refractivity contribution in [1.82, 2.24) is 0 Å². The molecule has 0 bridgehead atoms. The van der Waals surface area contributed by atoms with Crippen molar-refractivity contribution in [2.75, 3.05) is 0 Å². The lowest BCUT2D eigenvalue weighted by Gasteiger charge is -2.39. The van der Waals surface area contributed by atoms with Gasteiger partial charge in [-0.05, 0) is 30.4 Å². The van der Waals surface area contributed by atoms with Gasteiger partial charge in [0.05, 0.1) is 5.56 Å². The van der Waals surface area contributed by atoms with Gasteiger partial charge in [-0.25, -0.2) is 0 Å². The molecule has 2 fully saturated rings. The van der Waals surface area contributed by atoms with E-state index in [0.29, 0.717) is 18.1 Å². The average Bonchev–Trinajstić information content (AvgIpc) is 2.93. The average molecular weight is 277 g/mol. The van der Waals surface area contributed by atoms with Gasteiger partial charge >= 0.3 is 0 Å². The van der Waals surface area contributed by atoms with E-state index in [2.05, 4.69) is 49.4 Å². The van der Waals surface area contributed by atoms with E-state index in [1.165, 1.54) is 18.4 Å². The Hall–Kier alpha value is -0.430. The van der Waals surface area contributed by atoms with Crippen molar-refractivity contribution < 1.29 is 9.10 Å². The summed E-state index contributed by atoms with van der Waals surface area (Å²) in [6, 6.07) is 8.98. The number of rotatable bonds is 0. The van der Waals surface area contributed by atoms with Crippen LogP contribution < -0.4 is 5.30 Å². The second-order valence-corrected chi connectivity index (χ2v) is 8.89. The molecule has 2 nitrogen and oxygen atoms in total. The number of benzene rings is 1. The molecule has 19 heavy (non-hydrogen) atoms. The van der Waals surface area contributed by atoms with Gasteiger partial charge in [0, 0.05) is 21.3 Å². The van der Waals surface area contributed by atoms with Crippen LogP contribution in [0.1, 0.15) is 45.5 Å². The first kappa shape index (κ1) is 12.3. The summed E-state index contributed by atoms with van der Waals surface area (Å²) in [7, 11) is -0.0652. The molecule has 0 saturated carbocycles. The lowest BCUT2D eigenvalue weighted by Crippen LogP contribution is -2.38. The number of hydrogen-bond acceptors (Lipinski definition) is 1. The largest absolute Gasteiger partial charge is 0.385 e.